The molecule has 1 aliphatic heterocycles. The van der Waals surface area contributed by atoms with Crippen molar-refractivity contribution >= 4 is 11.6 Å². The molecule has 2 heterocycles. The highest BCUT2D eigenvalue weighted by atomic mass is 16.5. The molecule has 0 fully saturated rings. The first-order valence-electron chi connectivity index (χ1n) is 12.7. The van der Waals surface area contributed by atoms with Crippen LogP contribution in [-0.4, -0.2) is 66.5 Å². The summed E-state index contributed by atoms with van der Waals surface area (Å²) >= 11 is 0. The van der Waals surface area contributed by atoms with Crippen LogP contribution in [0.4, 0.5) is 0 Å². The van der Waals surface area contributed by atoms with E-state index in [1.54, 1.807) is 18.1 Å². The van der Waals surface area contributed by atoms with Gasteiger partial charge < -0.3 is 29.6 Å². The SMILES string of the molecule is CCOc1nc2c(nc1OCC)C(=N)N(CC(=O)c1cc(OC)c(OCCCCN)c(C(C)(C)C)c1)C2. The maximum atomic E-state index is 13.5. The Morgan fingerprint density at radius 3 is 2.35 bits per heavy atom. The van der Waals surface area contributed by atoms with Crippen LogP contribution in [-0.2, 0) is 12.0 Å². The number of methoxy groups -OCH3 is 1. The molecule has 1 aliphatic rings. The van der Waals surface area contributed by atoms with E-state index in [1.165, 1.54) is 0 Å². The molecule has 0 bridgehead atoms. The number of fused-ring (bicyclic) bond motifs is 1. The number of ether oxygens (including phenoxy) is 4. The highest BCUT2D eigenvalue weighted by molar-refractivity contribution is 6.04. The zero-order valence-electron chi connectivity index (χ0n) is 22.8. The minimum absolute atomic E-state index is 0.00570. The third-order valence-electron chi connectivity index (χ3n) is 5.93. The number of carbonyl (C=O) groups excluding carboxylic acids is 1. The fraction of sp³-hybridized carbons (Fsp3) is 0.556. The number of benzene rings is 1. The van der Waals surface area contributed by atoms with Crippen molar-refractivity contribution < 1.29 is 23.7 Å². The third kappa shape index (κ3) is 6.49. The molecule has 0 saturated carbocycles. The van der Waals surface area contributed by atoms with Gasteiger partial charge in [-0.15, -0.1) is 0 Å². The Bertz CT molecular complexity index is 1130. The van der Waals surface area contributed by atoms with Crippen molar-refractivity contribution in [2.45, 2.75) is 59.4 Å². The summed E-state index contributed by atoms with van der Waals surface area (Å²) in [6.45, 7) is 12.1. The largest absolute Gasteiger partial charge is 0.493 e. The van der Waals surface area contributed by atoms with Crippen molar-refractivity contribution in [3.8, 4) is 23.3 Å². The molecule has 202 valence electrons. The van der Waals surface area contributed by atoms with Gasteiger partial charge in [-0.1, -0.05) is 20.8 Å². The Morgan fingerprint density at radius 1 is 1.08 bits per heavy atom. The highest BCUT2D eigenvalue weighted by Crippen LogP contribution is 2.40. The Kier molecular flexibility index (Phi) is 9.31. The van der Waals surface area contributed by atoms with E-state index in [1.807, 2.05) is 19.9 Å². The van der Waals surface area contributed by atoms with Crippen LogP contribution in [0.3, 0.4) is 0 Å². The number of rotatable bonds is 13. The summed E-state index contributed by atoms with van der Waals surface area (Å²) in [6.07, 6.45) is 1.70. The zero-order valence-corrected chi connectivity index (χ0v) is 22.8. The Labute approximate surface area is 219 Å². The van der Waals surface area contributed by atoms with Gasteiger partial charge in [-0.3, -0.25) is 10.2 Å². The first-order chi connectivity index (χ1) is 17.6. The molecular formula is C27H39N5O5. The Balaban J connectivity index is 1.86. The number of hydrogen-bond acceptors (Lipinski definition) is 9. The second-order valence-corrected chi connectivity index (χ2v) is 9.77. The molecule has 0 atom stereocenters. The molecule has 0 unspecified atom stereocenters. The van der Waals surface area contributed by atoms with Gasteiger partial charge in [-0.25, -0.2) is 9.97 Å². The lowest BCUT2D eigenvalue weighted by atomic mass is 9.84. The van der Waals surface area contributed by atoms with Crippen LogP contribution < -0.4 is 24.7 Å². The number of hydrogen-bond donors (Lipinski definition) is 2. The number of Topliss-reactive ketones (excluding diaryl/α,β-unsaturated/α-hetero) is 1. The minimum atomic E-state index is -0.289. The van der Waals surface area contributed by atoms with E-state index >= 15 is 0 Å². The summed E-state index contributed by atoms with van der Waals surface area (Å²) in [5, 5.41) is 8.63. The van der Waals surface area contributed by atoms with E-state index < -0.39 is 0 Å². The molecule has 0 aliphatic carbocycles. The molecule has 3 N–H and O–H groups in total. The Hall–Kier alpha value is -3.40. The van der Waals surface area contributed by atoms with Crippen molar-refractivity contribution in [2.75, 3.05) is 40.0 Å². The lowest BCUT2D eigenvalue weighted by Crippen LogP contribution is -2.30. The van der Waals surface area contributed by atoms with E-state index in [0.29, 0.717) is 60.7 Å². The monoisotopic (exact) mass is 513 g/mol. The molecule has 0 radical (unpaired) electrons. The number of nitrogens with two attached hydrogens (primary N) is 1. The van der Waals surface area contributed by atoms with Crippen molar-refractivity contribution in [3.05, 3.63) is 34.6 Å². The summed E-state index contributed by atoms with van der Waals surface area (Å²) in [7, 11) is 1.57. The highest BCUT2D eigenvalue weighted by Gasteiger charge is 2.32. The van der Waals surface area contributed by atoms with Gasteiger partial charge in [0.15, 0.2) is 17.3 Å². The molecule has 0 amide bonds. The lowest BCUT2D eigenvalue weighted by molar-refractivity contribution is 0.0961. The number of unbranched alkanes of at least 4 members (excludes halogenated alkanes) is 1. The normalized spacial score (nSPS) is 12.9. The number of ketones is 1. The Morgan fingerprint density at radius 2 is 1.76 bits per heavy atom. The molecule has 10 nitrogen and oxygen atoms in total. The standard InChI is InChI=1S/C27H39N5O5/c1-7-35-25-26(36-8-2)31-22-19(30-25)15-32(24(22)29)16-20(33)17-13-18(27(3,4)5)23(21(14-17)34-6)37-12-10-9-11-28/h13-14,29H,7-12,15-16,28H2,1-6H3. The second kappa shape index (κ2) is 12.2. The summed E-state index contributed by atoms with van der Waals surface area (Å²) in [5.41, 5.74) is 7.67. The van der Waals surface area contributed by atoms with Gasteiger partial charge in [0.05, 0.1) is 45.7 Å². The fourth-order valence-electron chi connectivity index (χ4n) is 4.05. The molecule has 2 aromatic rings. The van der Waals surface area contributed by atoms with Crippen LogP contribution in [0.15, 0.2) is 12.1 Å². The van der Waals surface area contributed by atoms with Gasteiger partial charge in [0.1, 0.15) is 11.5 Å². The number of aromatic nitrogens is 2. The predicted molar refractivity (Wildman–Crippen MR) is 141 cm³/mol. The van der Waals surface area contributed by atoms with E-state index in [2.05, 4.69) is 30.7 Å². The van der Waals surface area contributed by atoms with Gasteiger partial charge in [0, 0.05) is 11.1 Å². The summed E-state index contributed by atoms with van der Waals surface area (Å²) in [5.74, 6) is 1.68. The van der Waals surface area contributed by atoms with E-state index in [4.69, 9.17) is 30.1 Å². The summed E-state index contributed by atoms with van der Waals surface area (Å²) in [6, 6.07) is 3.58. The number of nitrogens with one attached hydrogen (secondary N) is 1. The first-order valence-corrected chi connectivity index (χ1v) is 12.7. The van der Waals surface area contributed by atoms with Gasteiger partial charge in [0.25, 0.3) is 11.8 Å². The van der Waals surface area contributed by atoms with Crippen molar-refractivity contribution in [3.63, 3.8) is 0 Å². The lowest BCUT2D eigenvalue weighted by Gasteiger charge is -2.26. The number of carbonyl (C=O) groups is 1. The van der Waals surface area contributed by atoms with Crippen LogP contribution in [0, 0.1) is 5.41 Å². The first kappa shape index (κ1) is 28.2. The molecule has 10 heteroatoms. The molecule has 0 saturated heterocycles. The van der Waals surface area contributed by atoms with E-state index in [9.17, 15) is 4.79 Å². The smallest absolute Gasteiger partial charge is 0.278 e. The van der Waals surface area contributed by atoms with E-state index in [-0.39, 0.29) is 36.0 Å². The summed E-state index contributed by atoms with van der Waals surface area (Å²) in [4.78, 5) is 24.1. The van der Waals surface area contributed by atoms with Crippen molar-refractivity contribution in [2.24, 2.45) is 5.73 Å². The molecular weight excluding hydrogens is 474 g/mol. The van der Waals surface area contributed by atoms with Gasteiger partial charge >= 0.3 is 0 Å². The topological polar surface area (TPSA) is 133 Å². The maximum absolute atomic E-state index is 13.5. The van der Waals surface area contributed by atoms with Crippen molar-refractivity contribution in [1.29, 1.82) is 5.41 Å². The second-order valence-electron chi connectivity index (χ2n) is 9.77. The predicted octanol–water partition coefficient (Wildman–Crippen LogP) is 3.72. The molecule has 0 spiro atoms. The van der Waals surface area contributed by atoms with Gasteiger partial charge in [-0.2, -0.15) is 0 Å². The fourth-order valence-corrected chi connectivity index (χ4v) is 4.05. The molecule has 3 rings (SSSR count). The minimum Gasteiger partial charge on any atom is -0.493 e. The van der Waals surface area contributed by atoms with Crippen LogP contribution in [0.5, 0.6) is 23.3 Å². The quantitative estimate of drug-likeness (QED) is 0.304. The molecule has 37 heavy (non-hydrogen) atoms. The van der Waals surface area contributed by atoms with Crippen molar-refractivity contribution in [1.82, 2.24) is 14.9 Å². The average molecular weight is 514 g/mol. The zero-order chi connectivity index (χ0) is 27.2. The number of nitrogens with zero attached hydrogens (tertiary/aromatic N) is 3. The van der Waals surface area contributed by atoms with Crippen LogP contribution in [0.1, 0.15) is 74.8 Å². The van der Waals surface area contributed by atoms with E-state index in [0.717, 1.165) is 18.4 Å². The van der Waals surface area contributed by atoms with Gasteiger partial charge in [0.2, 0.25) is 0 Å². The van der Waals surface area contributed by atoms with Gasteiger partial charge in [-0.05, 0) is 50.8 Å². The maximum Gasteiger partial charge on any atom is 0.278 e. The third-order valence-corrected chi connectivity index (χ3v) is 5.93. The summed E-state index contributed by atoms with van der Waals surface area (Å²) < 4.78 is 22.9. The van der Waals surface area contributed by atoms with Crippen LogP contribution in [0.25, 0.3) is 0 Å². The van der Waals surface area contributed by atoms with Crippen LogP contribution >= 0.6 is 0 Å². The van der Waals surface area contributed by atoms with Crippen LogP contribution in [0.2, 0.25) is 0 Å². The molecule has 1 aromatic heterocycles. The number of amidine groups is 1. The molecule has 1 aromatic carbocycles. The average Bonchev–Trinajstić information content (AvgIpc) is 3.15.